The predicted molar refractivity (Wildman–Crippen MR) is 52.4 cm³/mol. The van der Waals surface area contributed by atoms with E-state index in [1.165, 1.54) is 0 Å². The Morgan fingerprint density at radius 3 is 2.64 bits per heavy atom. The Hall–Kier alpha value is -0.900. The summed E-state index contributed by atoms with van der Waals surface area (Å²) in [6, 6.07) is -0.0794. The highest BCUT2D eigenvalue weighted by Crippen LogP contribution is 2.57. The van der Waals surface area contributed by atoms with E-state index in [9.17, 15) is 4.39 Å². The summed E-state index contributed by atoms with van der Waals surface area (Å²) in [5.74, 6) is 0.490. The van der Waals surface area contributed by atoms with Gasteiger partial charge in [0.05, 0.1) is 0 Å². The van der Waals surface area contributed by atoms with Gasteiger partial charge in [-0.2, -0.15) is 0 Å². The summed E-state index contributed by atoms with van der Waals surface area (Å²) in [7, 11) is 1.81. The maximum atomic E-state index is 14.6. The molecule has 4 heteroatoms. The van der Waals surface area contributed by atoms with Crippen LogP contribution in [0.3, 0.4) is 0 Å². The van der Waals surface area contributed by atoms with Crippen LogP contribution in [0, 0.1) is 5.41 Å². The molecule has 1 aliphatic carbocycles. The lowest BCUT2D eigenvalue weighted by molar-refractivity contribution is -0.116. The van der Waals surface area contributed by atoms with Crippen LogP contribution in [-0.2, 0) is 12.7 Å². The number of alkyl halides is 1. The van der Waals surface area contributed by atoms with Crippen LogP contribution in [0.4, 0.5) is 4.39 Å². The molecule has 2 unspecified atom stereocenters. The van der Waals surface area contributed by atoms with Crippen molar-refractivity contribution in [1.29, 1.82) is 0 Å². The van der Waals surface area contributed by atoms with Gasteiger partial charge in [0.1, 0.15) is 5.82 Å². The predicted octanol–water partition coefficient (Wildman–Crippen LogP) is 1.34. The number of halogens is 1. The lowest BCUT2D eigenvalue weighted by Crippen LogP contribution is -2.63. The molecule has 0 aliphatic heterocycles. The first-order chi connectivity index (χ1) is 6.39. The van der Waals surface area contributed by atoms with Crippen molar-refractivity contribution in [2.45, 2.75) is 32.0 Å². The van der Waals surface area contributed by atoms with E-state index in [0.29, 0.717) is 12.2 Å². The van der Waals surface area contributed by atoms with Gasteiger partial charge >= 0.3 is 0 Å². The Morgan fingerprint density at radius 1 is 1.64 bits per heavy atom. The minimum absolute atomic E-state index is 0.0794. The lowest BCUT2D eigenvalue weighted by Gasteiger charge is -2.54. The van der Waals surface area contributed by atoms with Crippen molar-refractivity contribution >= 4 is 0 Å². The summed E-state index contributed by atoms with van der Waals surface area (Å²) in [5.41, 5.74) is 3.92. The third-order valence-corrected chi connectivity index (χ3v) is 3.63. The van der Waals surface area contributed by atoms with Crippen molar-refractivity contribution < 1.29 is 4.39 Å². The molecule has 1 aromatic rings. The first-order valence-electron chi connectivity index (χ1n) is 4.82. The second-order valence-corrected chi connectivity index (χ2v) is 4.70. The van der Waals surface area contributed by atoms with Crippen molar-refractivity contribution in [3.8, 4) is 0 Å². The molecule has 1 aromatic heterocycles. The van der Waals surface area contributed by atoms with E-state index in [1.54, 1.807) is 17.0 Å². The first kappa shape index (κ1) is 9.65. The largest absolute Gasteiger partial charge is 0.335 e. The van der Waals surface area contributed by atoms with E-state index in [2.05, 4.69) is 4.98 Å². The number of hydrogen-bond donors (Lipinski definition) is 1. The normalized spacial score (nSPS) is 35.4. The quantitative estimate of drug-likeness (QED) is 0.738. The van der Waals surface area contributed by atoms with Crippen LogP contribution in [-0.4, -0.2) is 15.6 Å². The zero-order chi connectivity index (χ0) is 10.6. The van der Waals surface area contributed by atoms with Crippen molar-refractivity contribution in [2.24, 2.45) is 18.2 Å². The SMILES string of the molecule is Cn1ccnc1C1(F)CC(N)C1(C)C. The molecule has 0 amide bonds. The number of aryl methyl sites for hydroxylation is 1. The third-order valence-electron chi connectivity index (χ3n) is 3.63. The molecule has 3 nitrogen and oxygen atoms in total. The molecule has 0 saturated heterocycles. The highest BCUT2D eigenvalue weighted by molar-refractivity contribution is 5.21. The van der Waals surface area contributed by atoms with Crippen molar-refractivity contribution in [3.05, 3.63) is 18.2 Å². The van der Waals surface area contributed by atoms with E-state index in [-0.39, 0.29) is 6.04 Å². The summed E-state index contributed by atoms with van der Waals surface area (Å²) >= 11 is 0. The van der Waals surface area contributed by atoms with Gasteiger partial charge < -0.3 is 10.3 Å². The van der Waals surface area contributed by atoms with Crippen LogP contribution in [0.25, 0.3) is 0 Å². The average Bonchev–Trinajstić information content (AvgIpc) is 2.51. The molecule has 2 atom stereocenters. The molecule has 1 saturated carbocycles. The highest BCUT2D eigenvalue weighted by atomic mass is 19.1. The molecule has 1 heterocycles. The second-order valence-electron chi connectivity index (χ2n) is 4.70. The fourth-order valence-electron chi connectivity index (χ4n) is 2.11. The minimum Gasteiger partial charge on any atom is -0.335 e. The molecule has 0 bridgehead atoms. The van der Waals surface area contributed by atoms with E-state index < -0.39 is 11.1 Å². The Bertz CT molecular complexity index is 358. The van der Waals surface area contributed by atoms with Gasteiger partial charge in [0.2, 0.25) is 0 Å². The zero-order valence-electron chi connectivity index (χ0n) is 8.79. The first-order valence-corrected chi connectivity index (χ1v) is 4.82. The van der Waals surface area contributed by atoms with Crippen LogP contribution in [0.15, 0.2) is 12.4 Å². The van der Waals surface area contributed by atoms with Gasteiger partial charge in [-0.3, -0.25) is 0 Å². The van der Waals surface area contributed by atoms with Crippen LogP contribution >= 0.6 is 0 Å². The van der Waals surface area contributed by atoms with Gasteiger partial charge in [0.15, 0.2) is 5.67 Å². The summed E-state index contributed by atoms with van der Waals surface area (Å²) in [6.45, 7) is 3.71. The van der Waals surface area contributed by atoms with Gasteiger partial charge in [0, 0.05) is 37.3 Å². The smallest absolute Gasteiger partial charge is 0.176 e. The number of hydrogen-bond acceptors (Lipinski definition) is 2. The van der Waals surface area contributed by atoms with E-state index in [0.717, 1.165) is 0 Å². The van der Waals surface area contributed by atoms with Crippen LogP contribution < -0.4 is 5.73 Å². The third kappa shape index (κ3) is 0.919. The fourth-order valence-corrected chi connectivity index (χ4v) is 2.11. The fraction of sp³-hybridized carbons (Fsp3) is 0.700. The van der Waals surface area contributed by atoms with Crippen LogP contribution in [0.2, 0.25) is 0 Å². The topological polar surface area (TPSA) is 43.8 Å². The Morgan fingerprint density at radius 2 is 2.29 bits per heavy atom. The Labute approximate surface area is 83.1 Å². The van der Waals surface area contributed by atoms with Crippen molar-refractivity contribution in [2.75, 3.05) is 0 Å². The molecular formula is C10H16FN3. The summed E-state index contributed by atoms with van der Waals surface area (Å²) in [4.78, 5) is 4.07. The molecular weight excluding hydrogens is 181 g/mol. The monoisotopic (exact) mass is 197 g/mol. The van der Waals surface area contributed by atoms with Gasteiger partial charge in [-0.1, -0.05) is 13.8 Å². The highest BCUT2D eigenvalue weighted by Gasteiger charge is 2.62. The second kappa shape index (κ2) is 2.57. The molecule has 0 radical (unpaired) electrons. The summed E-state index contributed by atoms with van der Waals surface area (Å²) in [6.07, 6.45) is 3.75. The Balaban J connectivity index is 2.41. The molecule has 78 valence electrons. The van der Waals surface area contributed by atoms with Crippen LogP contribution in [0.5, 0.6) is 0 Å². The standard InChI is InChI=1S/C10H16FN3/c1-9(2)7(12)6-10(9,11)8-13-4-5-14(8)3/h4-5,7H,6,12H2,1-3H3. The molecule has 0 spiro atoms. The number of imidazole rings is 1. The van der Waals surface area contributed by atoms with E-state index >= 15 is 0 Å². The van der Waals surface area contributed by atoms with Gasteiger partial charge in [-0.15, -0.1) is 0 Å². The van der Waals surface area contributed by atoms with Gasteiger partial charge in [-0.25, -0.2) is 9.37 Å². The molecule has 1 aliphatic rings. The number of nitrogens with two attached hydrogens (primary N) is 1. The number of aromatic nitrogens is 2. The average molecular weight is 197 g/mol. The molecule has 0 aromatic carbocycles. The molecule has 2 rings (SSSR count). The van der Waals surface area contributed by atoms with Crippen LogP contribution in [0.1, 0.15) is 26.1 Å². The van der Waals surface area contributed by atoms with Gasteiger partial charge in [-0.05, 0) is 0 Å². The van der Waals surface area contributed by atoms with Gasteiger partial charge in [0.25, 0.3) is 0 Å². The zero-order valence-corrected chi connectivity index (χ0v) is 8.79. The number of rotatable bonds is 1. The lowest BCUT2D eigenvalue weighted by atomic mass is 9.56. The summed E-state index contributed by atoms with van der Waals surface area (Å²) in [5, 5.41) is 0. The van der Waals surface area contributed by atoms with Crippen molar-refractivity contribution in [3.63, 3.8) is 0 Å². The summed E-state index contributed by atoms with van der Waals surface area (Å²) < 4.78 is 16.3. The number of nitrogens with zero attached hydrogens (tertiary/aromatic N) is 2. The maximum absolute atomic E-state index is 14.6. The Kier molecular flexibility index (Phi) is 1.77. The molecule has 1 fully saturated rings. The van der Waals surface area contributed by atoms with E-state index in [1.807, 2.05) is 20.9 Å². The molecule has 14 heavy (non-hydrogen) atoms. The molecule has 2 N–H and O–H groups in total. The van der Waals surface area contributed by atoms with Crippen molar-refractivity contribution in [1.82, 2.24) is 9.55 Å². The minimum atomic E-state index is -1.37. The maximum Gasteiger partial charge on any atom is 0.176 e. The van der Waals surface area contributed by atoms with E-state index in [4.69, 9.17) is 5.73 Å².